The molecule has 2 rings (SSSR count). The van der Waals surface area contributed by atoms with Gasteiger partial charge in [-0.1, -0.05) is 28.4 Å². The quantitative estimate of drug-likeness (QED) is 0.860. The first-order valence-electron chi connectivity index (χ1n) is 6.27. The minimum atomic E-state index is -1.01. The normalized spacial score (nSPS) is 11.8. The van der Waals surface area contributed by atoms with Crippen molar-refractivity contribution in [2.75, 3.05) is 5.32 Å². The second-order valence-electron chi connectivity index (χ2n) is 4.49. The number of hydrogen-bond acceptors (Lipinski definition) is 5. The number of aromatic nitrogens is 1. The number of halogens is 2. The first kappa shape index (κ1) is 16.3. The lowest BCUT2D eigenvalue weighted by atomic mass is 10.2. The fraction of sp³-hybridized carbons (Fsp3) is 0.214. The maximum atomic E-state index is 11.9. The number of nitrogens with zero attached hydrogens (tertiary/aromatic N) is 1. The summed E-state index contributed by atoms with van der Waals surface area (Å²) in [5, 5.41) is 6.64. The van der Waals surface area contributed by atoms with Gasteiger partial charge in [0.25, 0.3) is 5.91 Å². The number of hydrogen-bond donors (Lipinski definition) is 1. The van der Waals surface area contributed by atoms with E-state index in [0.29, 0.717) is 10.8 Å². The third kappa shape index (κ3) is 3.99. The molecule has 0 fully saturated rings. The molecule has 0 aliphatic heterocycles. The van der Waals surface area contributed by atoms with E-state index in [2.05, 4.69) is 10.5 Å². The lowest BCUT2D eigenvalue weighted by Gasteiger charge is -2.12. The van der Waals surface area contributed by atoms with Gasteiger partial charge in [-0.15, -0.1) is 0 Å². The van der Waals surface area contributed by atoms with Crippen LogP contribution < -0.4 is 5.32 Å². The van der Waals surface area contributed by atoms with Crippen molar-refractivity contribution in [3.05, 3.63) is 45.6 Å². The van der Waals surface area contributed by atoms with Crippen molar-refractivity contribution >= 4 is 40.9 Å². The van der Waals surface area contributed by atoms with E-state index in [1.54, 1.807) is 13.0 Å². The van der Waals surface area contributed by atoms with E-state index in [0.717, 1.165) is 0 Å². The van der Waals surface area contributed by atoms with Crippen LogP contribution in [0.2, 0.25) is 10.0 Å². The van der Waals surface area contributed by atoms with Crippen LogP contribution in [0.5, 0.6) is 0 Å². The van der Waals surface area contributed by atoms with Crippen LogP contribution in [0.25, 0.3) is 0 Å². The fourth-order valence-corrected chi connectivity index (χ4v) is 1.86. The Morgan fingerprint density at radius 2 is 2.00 bits per heavy atom. The van der Waals surface area contributed by atoms with Crippen LogP contribution in [0.3, 0.4) is 0 Å². The predicted molar refractivity (Wildman–Crippen MR) is 81.2 cm³/mol. The van der Waals surface area contributed by atoms with Crippen LogP contribution in [0, 0.1) is 6.92 Å². The van der Waals surface area contributed by atoms with Crippen LogP contribution in [0.15, 0.2) is 28.8 Å². The van der Waals surface area contributed by atoms with Crippen LogP contribution >= 0.6 is 23.2 Å². The average molecular weight is 343 g/mol. The smallest absolute Gasteiger partial charge is 0.338 e. The van der Waals surface area contributed by atoms with Gasteiger partial charge >= 0.3 is 5.97 Å². The van der Waals surface area contributed by atoms with Crippen molar-refractivity contribution in [3.8, 4) is 0 Å². The Morgan fingerprint density at radius 3 is 2.59 bits per heavy atom. The maximum Gasteiger partial charge on any atom is 0.338 e. The van der Waals surface area contributed by atoms with E-state index in [1.165, 1.54) is 25.1 Å². The summed E-state index contributed by atoms with van der Waals surface area (Å²) in [4.78, 5) is 23.8. The summed E-state index contributed by atoms with van der Waals surface area (Å²) < 4.78 is 9.88. The largest absolute Gasteiger partial charge is 0.449 e. The van der Waals surface area contributed by atoms with Crippen molar-refractivity contribution in [2.45, 2.75) is 20.0 Å². The number of carbonyl (C=O) groups is 2. The molecular formula is C14H12Cl2N2O4. The number of carbonyl (C=O) groups excluding carboxylic acids is 2. The molecule has 0 radical (unpaired) electrons. The molecule has 116 valence electrons. The van der Waals surface area contributed by atoms with Gasteiger partial charge in [0.2, 0.25) is 0 Å². The minimum absolute atomic E-state index is 0.200. The molecule has 0 saturated heterocycles. The number of nitrogens with one attached hydrogen (secondary N) is 1. The highest BCUT2D eigenvalue weighted by Crippen LogP contribution is 2.23. The highest BCUT2D eigenvalue weighted by atomic mass is 35.5. The van der Waals surface area contributed by atoms with E-state index < -0.39 is 18.0 Å². The minimum Gasteiger partial charge on any atom is -0.449 e. The molecule has 0 spiro atoms. The van der Waals surface area contributed by atoms with Crippen molar-refractivity contribution in [1.29, 1.82) is 0 Å². The molecule has 0 aliphatic rings. The van der Waals surface area contributed by atoms with Crippen molar-refractivity contribution in [1.82, 2.24) is 5.16 Å². The Bertz CT molecular complexity index is 715. The first-order valence-corrected chi connectivity index (χ1v) is 7.02. The molecule has 0 saturated carbocycles. The highest BCUT2D eigenvalue weighted by Gasteiger charge is 2.20. The van der Waals surface area contributed by atoms with Gasteiger partial charge in [0, 0.05) is 6.07 Å². The third-order valence-electron chi connectivity index (χ3n) is 2.69. The van der Waals surface area contributed by atoms with Gasteiger partial charge in [0.05, 0.1) is 15.6 Å². The van der Waals surface area contributed by atoms with Crippen molar-refractivity contribution in [3.63, 3.8) is 0 Å². The molecule has 8 heteroatoms. The lowest BCUT2D eigenvalue weighted by Crippen LogP contribution is -2.30. The van der Waals surface area contributed by atoms with Gasteiger partial charge in [-0.3, -0.25) is 4.79 Å². The summed E-state index contributed by atoms with van der Waals surface area (Å²) in [6, 6.07) is 5.86. The Morgan fingerprint density at radius 1 is 1.27 bits per heavy atom. The number of rotatable bonds is 4. The number of esters is 1. The molecule has 1 heterocycles. The molecule has 0 bridgehead atoms. The van der Waals surface area contributed by atoms with Crippen LogP contribution in [0.1, 0.15) is 23.0 Å². The van der Waals surface area contributed by atoms with Gasteiger partial charge in [-0.25, -0.2) is 4.79 Å². The molecule has 1 aromatic heterocycles. The summed E-state index contributed by atoms with van der Waals surface area (Å²) in [6.07, 6.45) is -1.01. The summed E-state index contributed by atoms with van der Waals surface area (Å²) in [5.74, 6) is -0.407. The Labute approximate surface area is 136 Å². The lowest BCUT2D eigenvalue weighted by molar-refractivity contribution is -0.123. The zero-order valence-electron chi connectivity index (χ0n) is 11.7. The first-order chi connectivity index (χ1) is 10.4. The van der Waals surface area contributed by atoms with Crippen LogP contribution in [-0.4, -0.2) is 23.1 Å². The Balaban J connectivity index is 1.98. The maximum absolute atomic E-state index is 11.9. The fourth-order valence-electron chi connectivity index (χ4n) is 1.56. The zero-order chi connectivity index (χ0) is 16.3. The molecule has 1 N–H and O–H groups in total. The molecule has 0 aliphatic carbocycles. The summed E-state index contributed by atoms with van der Waals surface area (Å²) in [6.45, 7) is 3.13. The standard InChI is InChI=1S/C14H12Cl2N2O4/c1-7-5-12(18-22-7)17-13(19)8(2)21-14(20)9-3-4-10(15)11(16)6-9/h3-6,8H,1-2H3,(H,17,18,19)/t8-/m0/s1. The van der Waals surface area contributed by atoms with Crippen LogP contribution in [-0.2, 0) is 9.53 Å². The van der Waals surface area contributed by atoms with E-state index in [1.807, 2.05) is 0 Å². The average Bonchev–Trinajstić information content (AvgIpc) is 2.86. The second-order valence-corrected chi connectivity index (χ2v) is 5.30. The predicted octanol–water partition coefficient (Wildman–Crippen LogP) is 3.47. The zero-order valence-corrected chi connectivity index (χ0v) is 13.2. The van der Waals surface area contributed by atoms with Crippen molar-refractivity contribution < 1.29 is 18.8 Å². The third-order valence-corrected chi connectivity index (χ3v) is 3.43. The van der Waals surface area contributed by atoms with E-state index >= 15 is 0 Å². The number of ether oxygens (including phenoxy) is 1. The topological polar surface area (TPSA) is 81.4 Å². The second kappa shape index (κ2) is 6.81. The van der Waals surface area contributed by atoms with Crippen LogP contribution in [0.4, 0.5) is 5.82 Å². The van der Waals surface area contributed by atoms with E-state index in [4.69, 9.17) is 32.5 Å². The van der Waals surface area contributed by atoms with Crippen molar-refractivity contribution in [2.24, 2.45) is 0 Å². The molecule has 6 nitrogen and oxygen atoms in total. The van der Waals surface area contributed by atoms with Gasteiger partial charge in [0.1, 0.15) is 5.76 Å². The molecule has 22 heavy (non-hydrogen) atoms. The monoisotopic (exact) mass is 342 g/mol. The van der Waals surface area contributed by atoms with Gasteiger partial charge in [-0.05, 0) is 32.0 Å². The molecule has 2 aromatic rings. The Kier molecular flexibility index (Phi) is 5.05. The number of aryl methyl sites for hydroxylation is 1. The summed E-state index contributed by atoms with van der Waals surface area (Å²) in [7, 11) is 0. The SMILES string of the molecule is Cc1cc(NC(=O)[C@H](C)OC(=O)c2ccc(Cl)c(Cl)c2)no1. The number of amides is 1. The number of anilines is 1. The highest BCUT2D eigenvalue weighted by molar-refractivity contribution is 6.42. The van der Waals surface area contributed by atoms with E-state index in [-0.39, 0.29) is 16.4 Å². The van der Waals surface area contributed by atoms with Gasteiger partial charge < -0.3 is 14.6 Å². The van der Waals surface area contributed by atoms with Gasteiger partial charge in [0.15, 0.2) is 11.9 Å². The summed E-state index contributed by atoms with van der Waals surface area (Å²) in [5.41, 5.74) is 0.200. The Hall–Kier alpha value is -2.05. The molecule has 1 amide bonds. The number of benzene rings is 1. The van der Waals surface area contributed by atoms with E-state index in [9.17, 15) is 9.59 Å². The summed E-state index contributed by atoms with van der Waals surface area (Å²) >= 11 is 11.6. The molecule has 0 unspecified atom stereocenters. The molecular weight excluding hydrogens is 331 g/mol. The van der Waals surface area contributed by atoms with Gasteiger partial charge in [-0.2, -0.15) is 0 Å². The molecule has 1 atom stereocenters. The molecule has 1 aromatic carbocycles.